The van der Waals surface area contributed by atoms with Gasteiger partial charge in [0.2, 0.25) is 0 Å². The number of carbonyl (C=O) groups is 1. The Hall–Kier alpha value is -1.38. The summed E-state index contributed by atoms with van der Waals surface area (Å²) in [5, 5.41) is 6.17. The number of ether oxygens (including phenoxy) is 2. The van der Waals surface area contributed by atoms with Crippen LogP contribution in [0.2, 0.25) is 10.0 Å². The lowest BCUT2D eigenvalue weighted by atomic mass is 10.2. The third-order valence-corrected chi connectivity index (χ3v) is 5.57. The number of halogens is 2. The van der Waals surface area contributed by atoms with Crippen LogP contribution in [0.4, 0.5) is 5.13 Å². The summed E-state index contributed by atoms with van der Waals surface area (Å²) in [5.41, 5.74) is 0.927. The maximum atomic E-state index is 12.4. The van der Waals surface area contributed by atoms with Crippen LogP contribution < -0.4 is 10.1 Å². The SMILES string of the molecule is C[C@@H]1CN(Cc2csc(NC(=O)[C@H](C)Oc3ccc(Cl)cc3Cl)n2)C[C@H](C)O1. The van der Waals surface area contributed by atoms with Crippen LogP contribution in [0.25, 0.3) is 0 Å². The number of rotatable bonds is 6. The number of aromatic nitrogens is 1. The molecule has 0 spiro atoms. The van der Waals surface area contributed by atoms with Gasteiger partial charge in [-0.3, -0.25) is 15.0 Å². The average Bonchev–Trinajstić information content (AvgIpc) is 3.03. The molecule has 1 amide bonds. The second-order valence-electron chi connectivity index (χ2n) is 6.92. The van der Waals surface area contributed by atoms with E-state index in [2.05, 4.69) is 29.0 Å². The van der Waals surface area contributed by atoms with Gasteiger partial charge in [0.15, 0.2) is 11.2 Å². The number of hydrogen-bond acceptors (Lipinski definition) is 6. The van der Waals surface area contributed by atoms with Gasteiger partial charge in [-0.2, -0.15) is 0 Å². The topological polar surface area (TPSA) is 63.7 Å². The summed E-state index contributed by atoms with van der Waals surface area (Å²) in [6.07, 6.45) is -0.314. The number of hydrogen-bond donors (Lipinski definition) is 1. The highest BCUT2D eigenvalue weighted by Crippen LogP contribution is 2.28. The Morgan fingerprint density at radius 3 is 2.79 bits per heavy atom. The Bertz CT molecular complexity index is 823. The van der Waals surface area contributed by atoms with E-state index in [0.717, 1.165) is 25.3 Å². The number of morpholine rings is 1. The van der Waals surface area contributed by atoms with E-state index in [4.69, 9.17) is 32.7 Å². The van der Waals surface area contributed by atoms with E-state index in [9.17, 15) is 4.79 Å². The Kier molecular flexibility index (Phi) is 7.17. The first kappa shape index (κ1) is 21.3. The van der Waals surface area contributed by atoms with Crippen molar-refractivity contribution in [3.05, 3.63) is 39.3 Å². The molecule has 0 aliphatic carbocycles. The molecule has 0 bridgehead atoms. The minimum Gasteiger partial charge on any atom is -0.479 e. The summed E-state index contributed by atoms with van der Waals surface area (Å²) in [7, 11) is 0. The van der Waals surface area contributed by atoms with Gasteiger partial charge in [0, 0.05) is 30.0 Å². The molecule has 1 aromatic carbocycles. The van der Waals surface area contributed by atoms with Gasteiger partial charge in [-0.25, -0.2) is 4.98 Å². The molecule has 1 fully saturated rings. The smallest absolute Gasteiger partial charge is 0.266 e. The predicted octanol–water partition coefficient (Wildman–Crippen LogP) is 4.47. The summed E-state index contributed by atoms with van der Waals surface area (Å²) in [5.74, 6) is 0.115. The van der Waals surface area contributed by atoms with Gasteiger partial charge in [0.1, 0.15) is 5.75 Å². The molecule has 9 heteroatoms. The van der Waals surface area contributed by atoms with E-state index in [0.29, 0.717) is 20.9 Å². The third kappa shape index (κ3) is 5.81. The molecule has 1 aromatic heterocycles. The van der Waals surface area contributed by atoms with Gasteiger partial charge in [0.05, 0.1) is 22.9 Å². The number of anilines is 1. The average molecular weight is 444 g/mol. The Morgan fingerprint density at radius 1 is 1.39 bits per heavy atom. The van der Waals surface area contributed by atoms with E-state index in [-0.39, 0.29) is 18.1 Å². The number of thiazole rings is 1. The van der Waals surface area contributed by atoms with E-state index in [1.54, 1.807) is 25.1 Å². The third-order valence-electron chi connectivity index (χ3n) is 4.23. The van der Waals surface area contributed by atoms with E-state index >= 15 is 0 Å². The quantitative estimate of drug-likeness (QED) is 0.713. The zero-order chi connectivity index (χ0) is 20.3. The number of carbonyl (C=O) groups excluding carboxylic acids is 1. The molecule has 1 N–H and O–H groups in total. The number of amides is 1. The molecule has 3 rings (SSSR count). The molecule has 2 aromatic rings. The molecule has 3 atom stereocenters. The first-order chi connectivity index (χ1) is 13.3. The van der Waals surface area contributed by atoms with Gasteiger partial charge in [-0.15, -0.1) is 11.3 Å². The molecule has 152 valence electrons. The fourth-order valence-corrected chi connectivity index (χ4v) is 4.26. The van der Waals surface area contributed by atoms with Crippen molar-refractivity contribution in [2.75, 3.05) is 18.4 Å². The van der Waals surface area contributed by atoms with Crippen molar-refractivity contribution in [1.29, 1.82) is 0 Å². The second-order valence-corrected chi connectivity index (χ2v) is 8.62. The molecular weight excluding hydrogens is 421 g/mol. The van der Waals surface area contributed by atoms with Crippen molar-refractivity contribution in [3.63, 3.8) is 0 Å². The van der Waals surface area contributed by atoms with E-state index in [1.165, 1.54) is 11.3 Å². The lowest BCUT2D eigenvalue weighted by molar-refractivity contribution is -0.122. The maximum Gasteiger partial charge on any atom is 0.266 e. The van der Waals surface area contributed by atoms with Gasteiger partial charge in [-0.05, 0) is 39.0 Å². The van der Waals surface area contributed by atoms with Gasteiger partial charge >= 0.3 is 0 Å². The molecule has 1 aliphatic rings. The molecule has 28 heavy (non-hydrogen) atoms. The molecule has 6 nitrogen and oxygen atoms in total. The molecule has 0 saturated carbocycles. The summed E-state index contributed by atoms with van der Waals surface area (Å²) in [6.45, 7) is 8.28. The Labute approximate surface area is 178 Å². The monoisotopic (exact) mass is 443 g/mol. The highest BCUT2D eigenvalue weighted by molar-refractivity contribution is 7.13. The normalized spacial score (nSPS) is 21.3. The van der Waals surface area contributed by atoms with Crippen molar-refractivity contribution in [1.82, 2.24) is 9.88 Å². The largest absolute Gasteiger partial charge is 0.479 e. The number of nitrogens with one attached hydrogen (secondary N) is 1. The summed E-state index contributed by atoms with van der Waals surface area (Å²) in [4.78, 5) is 19.2. The summed E-state index contributed by atoms with van der Waals surface area (Å²) in [6, 6.07) is 4.87. The van der Waals surface area contributed by atoms with Crippen LogP contribution in [-0.4, -0.2) is 47.2 Å². The van der Waals surface area contributed by atoms with Crippen molar-refractivity contribution < 1.29 is 14.3 Å². The summed E-state index contributed by atoms with van der Waals surface area (Å²) < 4.78 is 11.4. The van der Waals surface area contributed by atoms with Crippen LogP contribution in [0, 0.1) is 0 Å². The van der Waals surface area contributed by atoms with Gasteiger partial charge < -0.3 is 9.47 Å². The lowest BCUT2D eigenvalue weighted by Crippen LogP contribution is -2.44. The van der Waals surface area contributed by atoms with Crippen LogP contribution in [0.3, 0.4) is 0 Å². The zero-order valence-corrected chi connectivity index (χ0v) is 18.3. The van der Waals surface area contributed by atoms with Crippen molar-refractivity contribution in [2.45, 2.75) is 45.6 Å². The second kappa shape index (κ2) is 9.41. The highest BCUT2D eigenvalue weighted by atomic mass is 35.5. The molecule has 1 saturated heterocycles. The fourth-order valence-electron chi connectivity index (χ4n) is 3.10. The van der Waals surface area contributed by atoms with E-state index < -0.39 is 6.10 Å². The molecule has 2 heterocycles. The van der Waals surface area contributed by atoms with Crippen LogP contribution in [0.15, 0.2) is 23.6 Å². The van der Waals surface area contributed by atoms with Crippen molar-refractivity contribution >= 4 is 45.6 Å². The van der Waals surface area contributed by atoms with E-state index in [1.807, 2.05) is 5.38 Å². The minimum atomic E-state index is -0.730. The molecule has 0 radical (unpaired) electrons. The van der Waals surface area contributed by atoms with Gasteiger partial charge in [0.25, 0.3) is 5.91 Å². The number of nitrogens with zero attached hydrogens (tertiary/aromatic N) is 2. The lowest BCUT2D eigenvalue weighted by Gasteiger charge is -2.34. The van der Waals surface area contributed by atoms with Crippen LogP contribution in [0.1, 0.15) is 26.5 Å². The van der Waals surface area contributed by atoms with Crippen LogP contribution in [0.5, 0.6) is 5.75 Å². The molecule has 0 unspecified atom stereocenters. The first-order valence-electron chi connectivity index (χ1n) is 9.05. The van der Waals surface area contributed by atoms with Crippen molar-refractivity contribution in [3.8, 4) is 5.75 Å². The van der Waals surface area contributed by atoms with Crippen LogP contribution in [-0.2, 0) is 16.1 Å². The zero-order valence-electron chi connectivity index (χ0n) is 15.9. The Balaban J connectivity index is 1.54. The molecular formula is C19H23Cl2N3O3S. The molecule has 1 aliphatic heterocycles. The predicted molar refractivity (Wildman–Crippen MR) is 113 cm³/mol. The van der Waals surface area contributed by atoms with Crippen molar-refractivity contribution in [2.24, 2.45) is 0 Å². The van der Waals surface area contributed by atoms with Crippen LogP contribution >= 0.6 is 34.5 Å². The Morgan fingerprint density at radius 2 is 2.11 bits per heavy atom. The number of benzene rings is 1. The fraction of sp³-hybridized carbons (Fsp3) is 0.474. The highest BCUT2D eigenvalue weighted by Gasteiger charge is 2.23. The standard InChI is InChI=1S/C19H23Cl2N3O3S/c1-11-7-24(8-12(2)26-11)9-15-10-28-19(22-15)23-18(25)13(3)27-17-5-4-14(20)6-16(17)21/h4-6,10-13H,7-9H2,1-3H3,(H,22,23,25)/t11-,12+,13-/m0/s1. The minimum absolute atomic E-state index is 0.208. The maximum absolute atomic E-state index is 12.4. The van der Waals surface area contributed by atoms with Gasteiger partial charge in [-0.1, -0.05) is 23.2 Å². The summed E-state index contributed by atoms with van der Waals surface area (Å²) >= 11 is 13.4. The first-order valence-corrected chi connectivity index (χ1v) is 10.7.